The van der Waals surface area contributed by atoms with Crippen molar-refractivity contribution in [1.29, 1.82) is 0 Å². The molecule has 1 N–H and O–H groups in total. The molecule has 0 bridgehead atoms. The molecular formula is C20H26N2O2S. The first kappa shape index (κ1) is 17.2. The van der Waals surface area contributed by atoms with Crippen LogP contribution in [0.5, 0.6) is 0 Å². The van der Waals surface area contributed by atoms with Gasteiger partial charge in [0.25, 0.3) is 0 Å². The first-order chi connectivity index (χ1) is 12.2. The smallest absolute Gasteiger partial charge is 0.0897 e. The van der Waals surface area contributed by atoms with Gasteiger partial charge in [-0.1, -0.05) is 24.3 Å². The lowest BCUT2D eigenvalue weighted by Crippen LogP contribution is -2.41. The van der Waals surface area contributed by atoms with Crippen molar-refractivity contribution in [3.05, 3.63) is 51.5 Å². The van der Waals surface area contributed by atoms with Gasteiger partial charge in [-0.15, -0.1) is 11.3 Å². The normalized spacial score (nSPS) is 22.4. The van der Waals surface area contributed by atoms with Crippen molar-refractivity contribution < 1.29 is 9.84 Å². The zero-order valence-corrected chi connectivity index (χ0v) is 15.6. The summed E-state index contributed by atoms with van der Waals surface area (Å²) < 4.78 is 5.96. The topological polar surface area (TPSA) is 45.6 Å². The summed E-state index contributed by atoms with van der Waals surface area (Å²) in [4.78, 5) is 7.14. The maximum Gasteiger partial charge on any atom is 0.0897 e. The lowest BCUT2D eigenvalue weighted by molar-refractivity contribution is 0.0128. The second kappa shape index (κ2) is 7.16. The molecule has 1 saturated heterocycles. The van der Waals surface area contributed by atoms with Crippen LogP contribution in [0.25, 0.3) is 0 Å². The lowest BCUT2D eigenvalue weighted by Gasteiger charge is -2.40. The molecule has 0 saturated carbocycles. The number of piperidine rings is 1. The molecule has 1 spiro atoms. The van der Waals surface area contributed by atoms with Crippen LogP contribution in [0, 0.1) is 6.92 Å². The Kier molecular flexibility index (Phi) is 4.91. The fourth-order valence-corrected chi connectivity index (χ4v) is 5.11. The van der Waals surface area contributed by atoms with Crippen LogP contribution >= 0.6 is 11.3 Å². The van der Waals surface area contributed by atoms with E-state index in [-0.39, 0.29) is 18.1 Å². The van der Waals surface area contributed by atoms with Gasteiger partial charge >= 0.3 is 0 Å². The predicted octanol–water partition coefficient (Wildman–Crippen LogP) is 3.44. The Morgan fingerprint density at radius 2 is 2.12 bits per heavy atom. The number of fused-ring (bicyclic) bond motifs is 2. The fraction of sp³-hybridized carbons (Fsp3) is 0.550. The van der Waals surface area contributed by atoms with E-state index in [1.807, 2.05) is 0 Å². The number of likely N-dealkylation sites (tertiary alicyclic amines) is 1. The number of aryl methyl sites for hydroxylation is 1. The SMILES string of the molecule is Cc1nc(CN2CCC3(CC2)CC(OCCO)c2ccccc23)cs1. The molecule has 4 rings (SSSR count). The molecule has 1 atom stereocenters. The third kappa shape index (κ3) is 3.38. The number of aliphatic hydroxyl groups is 1. The van der Waals surface area contributed by atoms with Crippen LogP contribution in [0.1, 0.15) is 47.2 Å². The minimum atomic E-state index is 0.0898. The number of aromatic nitrogens is 1. The second-order valence-electron chi connectivity index (χ2n) is 7.29. The molecule has 5 heteroatoms. The molecule has 1 aromatic carbocycles. The number of nitrogens with zero attached hydrogens (tertiary/aromatic N) is 2. The molecule has 1 fully saturated rings. The number of benzene rings is 1. The monoisotopic (exact) mass is 358 g/mol. The van der Waals surface area contributed by atoms with E-state index in [9.17, 15) is 0 Å². The lowest BCUT2D eigenvalue weighted by atomic mass is 9.73. The van der Waals surface area contributed by atoms with Gasteiger partial charge in [0.2, 0.25) is 0 Å². The van der Waals surface area contributed by atoms with Gasteiger partial charge < -0.3 is 9.84 Å². The molecule has 0 amide bonds. The Hall–Kier alpha value is -1.27. The third-order valence-electron chi connectivity index (χ3n) is 5.73. The van der Waals surface area contributed by atoms with Crippen molar-refractivity contribution in [2.24, 2.45) is 0 Å². The van der Waals surface area contributed by atoms with Gasteiger partial charge in [0.1, 0.15) is 0 Å². The molecule has 2 heterocycles. The minimum Gasteiger partial charge on any atom is -0.394 e. The number of ether oxygens (including phenoxy) is 1. The van der Waals surface area contributed by atoms with E-state index in [4.69, 9.17) is 9.84 Å². The summed E-state index contributed by atoms with van der Waals surface area (Å²) in [5.41, 5.74) is 4.25. The fourth-order valence-electron chi connectivity index (χ4n) is 4.50. The number of thiazole rings is 1. The van der Waals surface area contributed by atoms with Crippen molar-refractivity contribution in [3.63, 3.8) is 0 Å². The van der Waals surface area contributed by atoms with Crippen LogP contribution in [-0.4, -0.2) is 41.3 Å². The summed E-state index contributed by atoms with van der Waals surface area (Å²) in [7, 11) is 0. The van der Waals surface area contributed by atoms with E-state index in [1.165, 1.54) is 29.7 Å². The quantitative estimate of drug-likeness (QED) is 0.889. The predicted molar refractivity (Wildman–Crippen MR) is 99.9 cm³/mol. The number of rotatable bonds is 5. The van der Waals surface area contributed by atoms with Crippen molar-refractivity contribution >= 4 is 11.3 Å². The molecule has 1 aliphatic carbocycles. The summed E-state index contributed by atoms with van der Waals surface area (Å²) >= 11 is 1.74. The molecule has 134 valence electrons. The first-order valence-electron chi connectivity index (χ1n) is 9.15. The molecular weight excluding hydrogens is 332 g/mol. The Morgan fingerprint density at radius 3 is 2.84 bits per heavy atom. The molecule has 1 aliphatic heterocycles. The van der Waals surface area contributed by atoms with E-state index in [0.29, 0.717) is 6.61 Å². The standard InChI is InChI=1S/C20H26N2O2S/c1-15-21-16(14-25-15)13-22-8-6-20(7-9-22)12-19(24-11-10-23)17-4-2-3-5-18(17)20/h2-5,14,19,23H,6-13H2,1H3. The average molecular weight is 359 g/mol. The van der Waals surface area contributed by atoms with Crippen LogP contribution in [0.3, 0.4) is 0 Å². The van der Waals surface area contributed by atoms with Gasteiger partial charge in [-0.3, -0.25) is 4.90 Å². The number of aliphatic hydroxyl groups excluding tert-OH is 1. The van der Waals surface area contributed by atoms with Crippen LogP contribution in [-0.2, 0) is 16.7 Å². The number of hydrogen-bond donors (Lipinski definition) is 1. The van der Waals surface area contributed by atoms with Crippen LogP contribution in [0.2, 0.25) is 0 Å². The van der Waals surface area contributed by atoms with Crippen LogP contribution in [0.15, 0.2) is 29.6 Å². The molecule has 25 heavy (non-hydrogen) atoms. The number of hydrogen-bond acceptors (Lipinski definition) is 5. The van der Waals surface area contributed by atoms with Crippen molar-refractivity contribution in [1.82, 2.24) is 9.88 Å². The van der Waals surface area contributed by atoms with Crippen molar-refractivity contribution in [3.8, 4) is 0 Å². The van der Waals surface area contributed by atoms with E-state index in [1.54, 1.807) is 11.3 Å². The molecule has 2 aliphatic rings. The van der Waals surface area contributed by atoms with Gasteiger partial charge in [0, 0.05) is 17.3 Å². The van der Waals surface area contributed by atoms with Gasteiger partial charge in [0.15, 0.2) is 0 Å². The second-order valence-corrected chi connectivity index (χ2v) is 8.35. The Balaban J connectivity index is 1.46. The summed E-state index contributed by atoms with van der Waals surface area (Å²) in [6, 6.07) is 8.75. The van der Waals surface area contributed by atoms with Gasteiger partial charge in [-0.25, -0.2) is 4.98 Å². The van der Waals surface area contributed by atoms with Crippen LogP contribution in [0.4, 0.5) is 0 Å². The molecule has 1 aromatic heterocycles. The summed E-state index contributed by atoms with van der Waals surface area (Å²) in [6.07, 6.45) is 3.53. The van der Waals surface area contributed by atoms with E-state index in [2.05, 4.69) is 46.5 Å². The Morgan fingerprint density at radius 1 is 1.32 bits per heavy atom. The first-order valence-corrected chi connectivity index (χ1v) is 10.0. The molecule has 0 radical (unpaired) electrons. The van der Waals surface area contributed by atoms with E-state index < -0.39 is 0 Å². The van der Waals surface area contributed by atoms with Crippen molar-refractivity contribution in [2.45, 2.75) is 44.2 Å². The average Bonchev–Trinajstić information content (AvgIpc) is 3.17. The molecule has 1 unspecified atom stereocenters. The van der Waals surface area contributed by atoms with Crippen LogP contribution < -0.4 is 0 Å². The largest absolute Gasteiger partial charge is 0.394 e. The zero-order chi connectivity index (χ0) is 17.3. The maximum absolute atomic E-state index is 9.12. The van der Waals surface area contributed by atoms with Gasteiger partial charge in [-0.2, -0.15) is 0 Å². The van der Waals surface area contributed by atoms with E-state index >= 15 is 0 Å². The highest BCUT2D eigenvalue weighted by Crippen LogP contribution is 2.52. The Labute approximate surface area is 153 Å². The minimum absolute atomic E-state index is 0.0898. The Bertz CT molecular complexity index is 722. The molecule has 2 aromatic rings. The highest BCUT2D eigenvalue weighted by atomic mass is 32.1. The van der Waals surface area contributed by atoms with Gasteiger partial charge in [0.05, 0.1) is 30.0 Å². The highest BCUT2D eigenvalue weighted by Gasteiger charge is 2.45. The van der Waals surface area contributed by atoms with Gasteiger partial charge in [-0.05, 0) is 50.4 Å². The summed E-state index contributed by atoms with van der Waals surface area (Å²) in [5.74, 6) is 0. The van der Waals surface area contributed by atoms with E-state index in [0.717, 1.165) is 31.1 Å². The summed E-state index contributed by atoms with van der Waals surface area (Å²) in [6.45, 7) is 5.76. The highest BCUT2D eigenvalue weighted by molar-refractivity contribution is 7.09. The maximum atomic E-state index is 9.12. The summed E-state index contributed by atoms with van der Waals surface area (Å²) in [5, 5.41) is 12.5. The zero-order valence-electron chi connectivity index (χ0n) is 14.8. The molecule has 4 nitrogen and oxygen atoms in total. The third-order valence-corrected chi connectivity index (χ3v) is 6.55. The van der Waals surface area contributed by atoms with Crippen molar-refractivity contribution in [2.75, 3.05) is 26.3 Å².